The van der Waals surface area contributed by atoms with Gasteiger partial charge in [0.2, 0.25) is 27.9 Å². The Morgan fingerprint density at radius 3 is 2.51 bits per heavy atom. The molecule has 0 saturated carbocycles. The minimum atomic E-state index is -3.66. The van der Waals surface area contributed by atoms with Gasteiger partial charge in [-0.25, -0.2) is 22.2 Å². The highest BCUT2D eigenvalue weighted by Crippen LogP contribution is 2.33. The average Bonchev–Trinajstić information content (AvgIpc) is 3.38. The Morgan fingerprint density at radius 1 is 1.10 bits per heavy atom. The summed E-state index contributed by atoms with van der Waals surface area (Å²) in [6.07, 6.45) is -0.111. The molecule has 5 rings (SSSR count). The molecule has 1 unspecified atom stereocenters. The third-order valence-electron chi connectivity index (χ3n) is 7.21. The van der Waals surface area contributed by atoms with Crippen LogP contribution in [-0.4, -0.2) is 108 Å². The summed E-state index contributed by atoms with van der Waals surface area (Å²) in [6.45, 7) is 2.26. The van der Waals surface area contributed by atoms with E-state index >= 15 is 0 Å². The lowest BCUT2D eigenvalue weighted by atomic mass is 10.1. The molecule has 4 heterocycles. The Kier molecular flexibility index (Phi) is 8.82. The second kappa shape index (κ2) is 12.3. The summed E-state index contributed by atoms with van der Waals surface area (Å²) in [4.78, 5) is 21.9. The fourth-order valence-corrected chi connectivity index (χ4v) is 6.42. The van der Waals surface area contributed by atoms with Gasteiger partial charge in [-0.2, -0.15) is 19.3 Å². The van der Waals surface area contributed by atoms with E-state index in [4.69, 9.17) is 14.5 Å². The predicted molar refractivity (Wildman–Crippen MR) is 147 cm³/mol. The lowest BCUT2D eigenvalue weighted by Gasteiger charge is -2.41. The highest BCUT2D eigenvalue weighted by atomic mass is 32.2. The number of morpholine rings is 1. The topological polar surface area (TPSA) is 139 Å². The second-order valence-electron chi connectivity index (χ2n) is 9.89. The Labute approximate surface area is 236 Å². The number of para-hydroxylation sites is 1. The van der Waals surface area contributed by atoms with E-state index in [-0.39, 0.29) is 42.9 Å². The molecule has 41 heavy (non-hydrogen) atoms. The van der Waals surface area contributed by atoms with Crippen LogP contribution in [0.15, 0.2) is 18.2 Å². The van der Waals surface area contributed by atoms with Crippen LogP contribution in [0.3, 0.4) is 0 Å². The first-order chi connectivity index (χ1) is 19.7. The molecule has 1 atom stereocenters. The number of benzene rings is 1. The maximum atomic E-state index is 14.4. The molecule has 0 amide bonds. The van der Waals surface area contributed by atoms with Crippen LogP contribution in [0.5, 0.6) is 5.75 Å². The van der Waals surface area contributed by atoms with Gasteiger partial charge in [-0.15, -0.1) is 0 Å². The number of methoxy groups -OCH3 is 1. The van der Waals surface area contributed by atoms with Crippen LogP contribution >= 0.6 is 0 Å². The summed E-state index contributed by atoms with van der Waals surface area (Å²) in [7, 11) is -2.22. The summed E-state index contributed by atoms with van der Waals surface area (Å²) in [5.41, 5.74) is 0.573. The first kappa shape index (κ1) is 29.3. The quantitative estimate of drug-likeness (QED) is 0.367. The number of aromatic nitrogens is 5. The molecule has 0 bridgehead atoms. The number of ether oxygens (including phenoxy) is 2. The van der Waals surface area contributed by atoms with Crippen molar-refractivity contribution < 1.29 is 31.8 Å². The minimum Gasteiger partial charge on any atom is -0.494 e. The first-order valence-corrected chi connectivity index (χ1v) is 15.3. The predicted octanol–water partition coefficient (Wildman–Crippen LogP) is 1.95. The van der Waals surface area contributed by atoms with Crippen molar-refractivity contribution in [1.82, 2.24) is 28.8 Å². The van der Waals surface area contributed by atoms with Gasteiger partial charge >= 0.3 is 0 Å². The number of fused-ring (bicyclic) bond motifs is 1. The fourth-order valence-electron chi connectivity index (χ4n) is 5.30. The Balaban J connectivity index is 1.69. The van der Waals surface area contributed by atoms with E-state index in [1.165, 1.54) is 16.0 Å². The molecule has 3 aromatic rings. The van der Waals surface area contributed by atoms with Crippen LogP contribution in [0.2, 0.25) is 0 Å². The zero-order valence-electron chi connectivity index (χ0n) is 23.0. The van der Waals surface area contributed by atoms with Crippen molar-refractivity contribution in [2.24, 2.45) is 0 Å². The number of alkyl halides is 2. The molecule has 224 valence electrons. The van der Waals surface area contributed by atoms with E-state index in [2.05, 4.69) is 15.0 Å². The minimum absolute atomic E-state index is 0.0619. The molecule has 2 saturated heterocycles. The second-order valence-corrected chi connectivity index (χ2v) is 11.8. The molecule has 0 spiro atoms. The van der Waals surface area contributed by atoms with Crippen molar-refractivity contribution >= 4 is 33.0 Å². The van der Waals surface area contributed by atoms with Crippen LogP contribution in [-0.2, 0) is 14.8 Å². The summed E-state index contributed by atoms with van der Waals surface area (Å²) in [5, 5.41) is 9.42. The number of rotatable bonds is 10. The van der Waals surface area contributed by atoms with Crippen LogP contribution in [0.1, 0.15) is 37.9 Å². The Bertz CT molecular complexity index is 1470. The number of anilines is 2. The van der Waals surface area contributed by atoms with Crippen LogP contribution in [0.25, 0.3) is 17.0 Å². The number of hydrogen-bond donors (Lipinski definition) is 1. The lowest BCUT2D eigenvalue weighted by Crippen LogP contribution is -2.54. The van der Waals surface area contributed by atoms with Gasteiger partial charge in [0.05, 0.1) is 38.3 Å². The van der Waals surface area contributed by atoms with Crippen LogP contribution < -0.4 is 14.5 Å². The number of nitrogens with zero attached hydrogens (tertiary/aromatic N) is 8. The molecule has 2 fully saturated rings. The SMILES string of the molecule is COc1cccc2c1nc(C(F)F)n2-c1nc(N2CCOCC2)nc(N2CCCCC2N(CCCO)S(C)(=O)=O)n1. The van der Waals surface area contributed by atoms with Gasteiger partial charge in [-0.1, -0.05) is 6.07 Å². The van der Waals surface area contributed by atoms with Crippen molar-refractivity contribution in [2.75, 3.05) is 69.2 Å². The standard InChI is InChI=1S/C25H34F2N8O5S/c1-39-18-8-5-7-17-20(18)28-22(21(26)27)35(17)25-30-23(32-12-15-40-16-13-32)29-24(31-25)33-10-4-3-9-19(33)34(11-6-14-36)41(2,37)38/h5,7-8,19,21,36H,3-4,6,9-16H2,1-2H3. The van der Waals surface area contributed by atoms with Crippen LogP contribution in [0.4, 0.5) is 20.7 Å². The van der Waals surface area contributed by atoms with Gasteiger partial charge in [0.15, 0.2) is 5.82 Å². The van der Waals surface area contributed by atoms with Crippen molar-refractivity contribution in [3.05, 3.63) is 24.0 Å². The summed E-state index contributed by atoms with van der Waals surface area (Å²) < 4.78 is 67.9. The maximum Gasteiger partial charge on any atom is 0.296 e. The number of imidazole rings is 1. The largest absolute Gasteiger partial charge is 0.494 e. The number of aliphatic hydroxyl groups is 1. The Hall–Kier alpha value is -3.21. The number of halogens is 2. The van der Waals surface area contributed by atoms with E-state index in [1.54, 1.807) is 23.1 Å². The number of sulfonamides is 1. The molecule has 2 aliphatic rings. The van der Waals surface area contributed by atoms with E-state index in [9.17, 15) is 22.3 Å². The highest BCUT2D eigenvalue weighted by Gasteiger charge is 2.36. The van der Waals surface area contributed by atoms with E-state index in [0.29, 0.717) is 50.5 Å². The third kappa shape index (κ3) is 6.05. The van der Waals surface area contributed by atoms with Crippen molar-refractivity contribution in [1.29, 1.82) is 0 Å². The van der Waals surface area contributed by atoms with Crippen molar-refractivity contribution in [3.63, 3.8) is 0 Å². The number of hydrogen-bond acceptors (Lipinski definition) is 11. The highest BCUT2D eigenvalue weighted by molar-refractivity contribution is 7.88. The fraction of sp³-hybridized carbons (Fsp3) is 0.600. The maximum absolute atomic E-state index is 14.4. The molecule has 0 aliphatic carbocycles. The normalized spacial score (nSPS) is 18.6. The molecule has 2 aliphatic heterocycles. The molecule has 1 aromatic carbocycles. The molecule has 0 radical (unpaired) electrons. The van der Waals surface area contributed by atoms with Crippen molar-refractivity contribution in [3.8, 4) is 11.7 Å². The van der Waals surface area contributed by atoms with Crippen LogP contribution in [0, 0.1) is 0 Å². The third-order valence-corrected chi connectivity index (χ3v) is 8.48. The van der Waals surface area contributed by atoms with Gasteiger partial charge in [-0.3, -0.25) is 4.57 Å². The molecule has 16 heteroatoms. The van der Waals surface area contributed by atoms with E-state index in [0.717, 1.165) is 19.1 Å². The lowest BCUT2D eigenvalue weighted by molar-refractivity contribution is 0.122. The monoisotopic (exact) mass is 596 g/mol. The van der Waals surface area contributed by atoms with E-state index in [1.807, 2.05) is 4.90 Å². The average molecular weight is 597 g/mol. The smallest absolute Gasteiger partial charge is 0.296 e. The molecule has 13 nitrogen and oxygen atoms in total. The summed E-state index contributed by atoms with van der Waals surface area (Å²) in [5.74, 6) is 0.154. The van der Waals surface area contributed by atoms with Crippen molar-refractivity contribution in [2.45, 2.75) is 38.3 Å². The van der Waals surface area contributed by atoms with Gasteiger partial charge in [-0.05, 0) is 37.8 Å². The van der Waals surface area contributed by atoms with Gasteiger partial charge in [0.25, 0.3) is 6.43 Å². The Morgan fingerprint density at radius 2 is 1.83 bits per heavy atom. The van der Waals surface area contributed by atoms with Gasteiger partial charge in [0, 0.05) is 32.8 Å². The zero-order chi connectivity index (χ0) is 29.1. The summed E-state index contributed by atoms with van der Waals surface area (Å²) >= 11 is 0. The molecular weight excluding hydrogens is 562 g/mol. The molecule has 2 aromatic heterocycles. The number of aliphatic hydroxyl groups excluding tert-OH is 1. The first-order valence-electron chi connectivity index (χ1n) is 13.5. The summed E-state index contributed by atoms with van der Waals surface area (Å²) in [6, 6.07) is 4.95. The van der Waals surface area contributed by atoms with E-state index < -0.39 is 28.4 Å². The molecule has 1 N–H and O–H groups in total. The van der Waals surface area contributed by atoms with Gasteiger partial charge < -0.3 is 24.4 Å². The number of piperidine rings is 1. The van der Waals surface area contributed by atoms with Gasteiger partial charge in [0.1, 0.15) is 11.3 Å². The zero-order valence-corrected chi connectivity index (χ0v) is 23.8. The molecular formula is C25H34F2N8O5S.